The quantitative estimate of drug-likeness (QED) is 0.538. The second-order valence-electron chi connectivity index (χ2n) is 6.29. The topological polar surface area (TPSA) is 73.8 Å². The van der Waals surface area contributed by atoms with Crippen molar-refractivity contribution in [3.63, 3.8) is 0 Å². The molecule has 0 bridgehead atoms. The summed E-state index contributed by atoms with van der Waals surface area (Å²) in [6.45, 7) is 4.05. The van der Waals surface area contributed by atoms with E-state index in [1.165, 1.54) is 12.6 Å². The van der Waals surface area contributed by atoms with Crippen LogP contribution in [-0.2, 0) is 28.9 Å². The van der Waals surface area contributed by atoms with Gasteiger partial charge in [0.15, 0.2) is 5.96 Å². The molecule has 0 aliphatic heterocycles. The molecule has 0 aromatic heterocycles. The van der Waals surface area contributed by atoms with Crippen molar-refractivity contribution in [1.82, 2.24) is 14.9 Å². The number of rotatable bonds is 8. The SMILES string of the molecule is CCNC(=NCc1cccc(CS(=O)(=O)NC)c1)N(C)Cc1ccccc1. The summed E-state index contributed by atoms with van der Waals surface area (Å²) in [5.41, 5.74) is 2.94. The van der Waals surface area contributed by atoms with E-state index in [9.17, 15) is 8.42 Å². The molecule has 0 saturated heterocycles. The molecule has 2 N–H and O–H groups in total. The Kier molecular flexibility index (Phi) is 7.82. The number of nitrogens with zero attached hydrogens (tertiary/aromatic N) is 2. The van der Waals surface area contributed by atoms with Crippen LogP contribution in [-0.4, -0.2) is 39.9 Å². The van der Waals surface area contributed by atoms with Gasteiger partial charge in [-0.05, 0) is 30.7 Å². The zero-order chi connectivity index (χ0) is 19.7. The van der Waals surface area contributed by atoms with Crippen molar-refractivity contribution in [1.29, 1.82) is 0 Å². The molecule has 2 rings (SSSR count). The van der Waals surface area contributed by atoms with Crippen molar-refractivity contribution in [2.24, 2.45) is 4.99 Å². The van der Waals surface area contributed by atoms with E-state index in [0.29, 0.717) is 6.54 Å². The first-order valence-electron chi connectivity index (χ1n) is 8.96. The Morgan fingerprint density at radius 2 is 1.70 bits per heavy atom. The Labute approximate surface area is 162 Å². The highest BCUT2D eigenvalue weighted by atomic mass is 32.2. The van der Waals surface area contributed by atoms with Crippen molar-refractivity contribution in [2.45, 2.75) is 25.8 Å². The van der Waals surface area contributed by atoms with Crippen molar-refractivity contribution in [2.75, 3.05) is 20.6 Å². The number of guanidine groups is 1. The molecule has 0 unspecified atom stereocenters. The van der Waals surface area contributed by atoms with Gasteiger partial charge >= 0.3 is 0 Å². The lowest BCUT2D eigenvalue weighted by atomic mass is 10.1. The molecular formula is C20H28N4O2S. The molecule has 0 aliphatic carbocycles. The molecule has 0 aliphatic rings. The Bertz CT molecular complexity index is 851. The van der Waals surface area contributed by atoms with E-state index in [1.807, 2.05) is 56.4 Å². The summed E-state index contributed by atoms with van der Waals surface area (Å²) in [6.07, 6.45) is 0. The van der Waals surface area contributed by atoms with Crippen LogP contribution in [0.1, 0.15) is 23.6 Å². The standard InChI is InChI=1S/C20H28N4O2S/c1-4-22-20(24(3)15-17-9-6-5-7-10-17)23-14-18-11-8-12-19(13-18)16-27(25,26)21-2/h5-13,21H,4,14-16H2,1-3H3,(H,22,23). The first-order chi connectivity index (χ1) is 12.9. The van der Waals surface area contributed by atoms with E-state index in [4.69, 9.17) is 4.99 Å². The van der Waals surface area contributed by atoms with Crippen molar-refractivity contribution >= 4 is 16.0 Å². The molecular weight excluding hydrogens is 360 g/mol. The lowest BCUT2D eigenvalue weighted by molar-refractivity contribution is 0.477. The lowest BCUT2D eigenvalue weighted by Gasteiger charge is -2.22. The van der Waals surface area contributed by atoms with Crippen LogP contribution in [0, 0.1) is 0 Å². The Balaban J connectivity index is 2.10. The fourth-order valence-electron chi connectivity index (χ4n) is 2.68. The first kappa shape index (κ1) is 20.9. The maximum Gasteiger partial charge on any atom is 0.215 e. The molecule has 0 spiro atoms. The molecule has 2 aromatic carbocycles. The normalized spacial score (nSPS) is 12.0. The highest BCUT2D eigenvalue weighted by molar-refractivity contribution is 7.88. The third kappa shape index (κ3) is 7.03. The largest absolute Gasteiger partial charge is 0.357 e. The fourth-order valence-corrected chi connectivity index (χ4v) is 3.44. The maximum atomic E-state index is 11.7. The number of aliphatic imine (C=N–C) groups is 1. The second kappa shape index (κ2) is 10.1. The first-order valence-corrected chi connectivity index (χ1v) is 10.6. The molecule has 0 atom stereocenters. The third-order valence-electron chi connectivity index (χ3n) is 4.03. The van der Waals surface area contributed by atoms with Crippen molar-refractivity contribution in [3.05, 3.63) is 71.3 Å². The molecule has 0 radical (unpaired) electrons. The van der Waals surface area contributed by atoms with Gasteiger partial charge in [-0.15, -0.1) is 0 Å². The van der Waals surface area contributed by atoms with Crippen LogP contribution < -0.4 is 10.0 Å². The van der Waals surface area contributed by atoms with E-state index in [0.717, 1.165) is 30.2 Å². The summed E-state index contributed by atoms with van der Waals surface area (Å²) in [4.78, 5) is 6.78. The molecule has 0 fully saturated rings. The fraction of sp³-hybridized carbons (Fsp3) is 0.350. The Morgan fingerprint density at radius 1 is 1.04 bits per heavy atom. The van der Waals surface area contributed by atoms with Crippen molar-refractivity contribution in [3.8, 4) is 0 Å². The van der Waals surface area contributed by atoms with Gasteiger partial charge in [-0.3, -0.25) is 0 Å². The predicted octanol–water partition coefficient (Wildman–Crippen LogP) is 2.33. The second-order valence-corrected chi connectivity index (χ2v) is 8.22. The number of hydrogen-bond donors (Lipinski definition) is 2. The molecule has 27 heavy (non-hydrogen) atoms. The van der Waals surface area contributed by atoms with Gasteiger partial charge in [0.2, 0.25) is 10.0 Å². The minimum Gasteiger partial charge on any atom is -0.357 e. The van der Waals surface area contributed by atoms with Crippen LogP contribution >= 0.6 is 0 Å². The summed E-state index contributed by atoms with van der Waals surface area (Å²) in [5, 5.41) is 3.30. The van der Waals surface area contributed by atoms with Gasteiger partial charge in [0.05, 0.1) is 12.3 Å². The average molecular weight is 389 g/mol. The van der Waals surface area contributed by atoms with E-state index < -0.39 is 10.0 Å². The zero-order valence-electron chi connectivity index (χ0n) is 16.1. The molecule has 0 amide bonds. The molecule has 7 heteroatoms. The summed E-state index contributed by atoms with van der Waals surface area (Å²) in [6, 6.07) is 17.8. The number of benzene rings is 2. The van der Waals surface area contributed by atoms with Crippen LogP contribution in [0.2, 0.25) is 0 Å². The minimum absolute atomic E-state index is 0.0327. The Hall–Kier alpha value is -2.38. The van der Waals surface area contributed by atoms with Crippen molar-refractivity contribution < 1.29 is 8.42 Å². The molecule has 0 heterocycles. The lowest BCUT2D eigenvalue weighted by Crippen LogP contribution is -2.38. The van der Waals surface area contributed by atoms with Crippen LogP contribution in [0.3, 0.4) is 0 Å². The highest BCUT2D eigenvalue weighted by Crippen LogP contribution is 2.10. The minimum atomic E-state index is -3.28. The van der Waals surface area contributed by atoms with Crippen LogP contribution in [0.4, 0.5) is 0 Å². The summed E-state index contributed by atoms with van der Waals surface area (Å²) < 4.78 is 25.8. The molecule has 146 valence electrons. The zero-order valence-corrected chi connectivity index (χ0v) is 17.0. The Morgan fingerprint density at radius 3 is 2.37 bits per heavy atom. The average Bonchev–Trinajstić information content (AvgIpc) is 2.66. The smallest absolute Gasteiger partial charge is 0.215 e. The molecule has 2 aromatic rings. The monoisotopic (exact) mass is 388 g/mol. The summed E-state index contributed by atoms with van der Waals surface area (Å²) in [5.74, 6) is 0.782. The van der Waals surface area contributed by atoms with Gasteiger partial charge in [0.1, 0.15) is 0 Å². The van der Waals surface area contributed by atoms with Crippen LogP contribution in [0.15, 0.2) is 59.6 Å². The highest BCUT2D eigenvalue weighted by Gasteiger charge is 2.09. The van der Waals surface area contributed by atoms with E-state index in [1.54, 1.807) is 0 Å². The van der Waals surface area contributed by atoms with Gasteiger partial charge in [-0.25, -0.2) is 18.1 Å². The van der Waals surface area contributed by atoms with Gasteiger partial charge in [0, 0.05) is 20.1 Å². The summed E-state index contributed by atoms with van der Waals surface area (Å²) >= 11 is 0. The van der Waals surface area contributed by atoms with Gasteiger partial charge in [-0.1, -0.05) is 54.6 Å². The molecule has 6 nitrogen and oxygen atoms in total. The summed E-state index contributed by atoms with van der Waals surface area (Å²) in [7, 11) is 0.146. The molecule has 0 saturated carbocycles. The third-order valence-corrected chi connectivity index (χ3v) is 5.36. The number of sulfonamides is 1. The van der Waals surface area contributed by atoms with Gasteiger partial charge < -0.3 is 10.2 Å². The number of hydrogen-bond acceptors (Lipinski definition) is 3. The van der Waals surface area contributed by atoms with Crippen LogP contribution in [0.5, 0.6) is 0 Å². The van der Waals surface area contributed by atoms with E-state index >= 15 is 0 Å². The predicted molar refractivity (Wildman–Crippen MR) is 111 cm³/mol. The van der Waals surface area contributed by atoms with E-state index in [-0.39, 0.29) is 5.75 Å². The van der Waals surface area contributed by atoms with Gasteiger partial charge in [0.25, 0.3) is 0 Å². The van der Waals surface area contributed by atoms with E-state index in [2.05, 4.69) is 27.1 Å². The number of nitrogens with one attached hydrogen (secondary N) is 2. The van der Waals surface area contributed by atoms with Gasteiger partial charge in [-0.2, -0.15) is 0 Å². The van der Waals surface area contributed by atoms with Crippen LogP contribution in [0.25, 0.3) is 0 Å². The maximum absolute atomic E-state index is 11.7.